The zero-order chi connectivity index (χ0) is 18.0. The summed E-state index contributed by atoms with van der Waals surface area (Å²) in [5.41, 5.74) is 1.31. The number of hydrogen-bond acceptors (Lipinski definition) is 4. The molecule has 3 aromatic rings. The first kappa shape index (κ1) is 16.7. The molecule has 2 aromatic heterocycles. The number of carbonyl (C=O) groups excluding carboxylic acids is 1. The number of anilines is 1. The number of alkyl halides is 3. The fourth-order valence-corrected chi connectivity index (χ4v) is 2.31. The Morgan fingerprint density at radius 3 is 2.84 bits per heavy atom. The van der Waals surface area contributed by atoms with Crippen molar-refractivity contribution >= 4 is 17.4 Å². The van der Waals surface area contributed by atoms with Gasteiger partial charge in [-0.15, -0.1) is 0 Å². The molecule has 1 aromatic carbocycles. The topological polar surface area (TPSA) is 68.5 Å². The van der Waals surface area contributed by atoms with Crippen LogP contribution in [0.15, 0.2) is 42.9 Å². The largest absolute Gasteiger partial charge is 0.495 e. The monoisotopic (exact) mass is 350 g/mol. The van der Waals surface area contributed by atoms with Crippen LogP contribution in [0.25, 0.3) is 17.0 Å². The number of methoxy groups -OCH3 is 1. The van der Waals surface area contributed by atoms with E-state index in [1.807, 2.05) is 0 Å². The number of imidazole rings is 1. The number of carbonyl (C=O) groups is 1. The summed E-state index contributed by atoms with van der Waals surface area (Å²) in [6, 6.07) is 6.50. The van der Waals surface area contributed by atoms with Crippen molar-refractivity contribution in [1.82, 2.24) is 14.4 Å². The first-order valence-electron chi connectivity index (χ1n) is 7.20. The van der Waals surface area contributed by atoms with Gasteiger partial charge in [0.15, 0.2) is 0 Å². The third-order valence-electron chi connectivity index (χ3n) is 3.37. The van der Waals surface area contributed by atoms with Crippen LogP contribution in [0.3, 0.4) is 0 Å². The second-order valence-corrected chi connectivity index (χ2v) is 5.21. The lowest BCUT2D eigenvalue weighted by molar-refractivity contribution is -0.150. The molecule has 0 aliphatic heterocycles. The highest BCUT2D eigenvalue weighted by molar-refractivity contribution is 5.93. The zero-order valence-corrected chi connectivity index (χ0v) is 13.0. The van der Waals surface area contributed by atoms with E-state index in [1.165, 1.54) is 13.2 Å². The fourth-order valence-electron chi connectivity index (χ4n) is 2.31. The Hall–Kier alpha value is -3.10. The number of hydrogen-bond donors (Lipinski definition) is 1. The molecular formula is C16H13F3N4O2. The lowest BCUT2D eigenvalue weighted by Gasteiger charge is -2.12. The van der Waals surface area contributed by atoms with Crippen LogP contribution in [-0.2, 0) is 4.79 Å². The lowest BCUT2D eigenvalue weighted by atomic mass is 10.1. The minimum Gasteiger partial charge on any atom is -0.495 e. The number of ether oxygens (including phenoxy) is 1. The number of rotatable bonds is 4. The first-order valence-corrected chi connectivity index (χ1v) is 7.20. The molecule has 0 saturated heterocycles. The summed E-state index contributed by atoms with van der Waals surface area (Å²) in [6.07, 6.45) is -1.05. The maximum absolute atomic E-state index is 12.3. The summed E-state index contributed by atoms with van der Waals surface area (Å²) >= 11 is 0. The predicted octanol–water partition coefficient (Wildman–Crippen LogP) is 3.30. The van der Waals surface area contributed by atoms with E-state index >= 15 is 0 Å². The van der Waals surface area contributed by atoms with Gasteiger partial charge in [0.05, 0.1) is 18.5 Å². The molecule has 0 unspecified atom stereocenters. The Bertz CT molecular complexity index is 888. The van der Waals surface area contributed by atoms with Gasteiger partial charge < -0.3 is 10.1 Å². The highest BCUT2D eigenvalue weighted by atomic mass is 19.4. The average molecular weight is 350 g/mol. The molecule has 0 saturated carbocycles. The molecule has 0 aliphatic rings. The van der Waals surface area contributed by atoms with E-state index in [0.29, 0.717) is 17.0 Å². The van der Waals surface area contributed by atoms with Crippen molar-refractivity contribution in [3.63, 3.8) is 0 Å². The van der Waals surface area contributed by atoms with E-state index in [-0.39, 0.29) is 11.4 Å². The number of halogens is 3. The van der Waals surface area contributed by atoms with Crippen molar-refractivity contribution in [2.45, 2.75) is 12.6 Å². The van der Waals surface area contributed by atoms with Gasteiger partial charge in [0, 0.05) is 24.2 Å². The second-order valence-electron chi connectivity index (χ2n) is 5.21. The fraction of sp³-hybridized carbons (Fsp3) is 0.188. The predicted molar refractivity (Wildman–Crippen MR) is 84.3 cm³/mol. The van der Waals surface area contributed by atoms with Gasteiger partial charge in [-0.1, -0.05) is 0 Å². The quantitative estimate of drug-likeness (QED) is 0.784. The normalized spacial score (nSPS) is 11.5. The second kappa shape index (κ2) is 6.42. The smallest absolute Gasteiger partial charge is 0.397 e. The summed E-state index contributed by atoms with van der Waals surface area (Å²) in [5.74, 6) is -0.434. The molecular weight excluding hydrogens is 337 g/mol. The molecule has 0 fully saturated rings. The van der Waals surface area contributed by atoms with Gasteiger partial charge in [0.1, 0.15) is 12.2 Å². The van der Waals surface area contributed by atoms with Crippen molar-refractivity contribution in [2.24, 2.45) is 0 Å². The molecule has 0 atom stereocenters. The van der Waals surface area contributed by atoms with E-state index in [9.17, 15) is 18.0 Å². The highest BCUT2D eigenvalue weighted by Crippen LogP contribution is 2.31. The van der Waals surface area contributed by atoms with Crippen LogP contribution >= 0.6 is 0 Å². The Labute approximate surface area is 140 Å². The Morgan fingerprint density at radius 1 is 1.36 bits per heavy atom. The minimum absolute atomic E-state index is 0.138. The molecule has 9 heteroatoms. The molecule has 0 bridgehead atoms. The van der Waals surface area contributed by atoms with Gasteiger partial charge in [-0.05, 0) is 24.3 Å². The Kier molecular flexibility index (Phi) is 4.30. The van der Waals surface area contributed by atoms with Gasteiger partial charge in [0.25, 0.3) is 0 Å². The van der Waals surface area contributed by atoms with Gasteiger partial charge >= 0.3 is 6.18 Å². The maximum Gasteiger partial charge on any atom is 0.397 e. The maximum atomic E-state index is 12.3. The average Bonchev–Trinajstić information content (AvgIpc) is 2.97. The van der Waals surface area contributed by atoms with Gasteiger partial charge in [-0.3, -0.25) is 9.20 Å². The summed E-state index contributed by atoms with van der Waals surface area (Å²) in [7, 11) is 1.36. The molecule has 3 rings (SSSR count). The highest BCUT2D eigenvalue weighted by Gasteiger charge is 2.31. The number of amides is 1. The van der Waals surface area contributed by atoms with Crippen LogP contribution in [-0.4, -0.2) is 33.6 Å². The minimum atomic E-state index is -4.58. The lowest BCUT2D eigenvalue weighted by Crippen LogP contribution is -2.21. The summed E-state index contributed by atoms with van der Waals surface area (Å²) < 4.78 is 43.8. The zero-order valence-electron chi connectivity index (χ0n) is 13.0. The van der Waals surface area contributed by atoms with Crippen molar-refractivity contribution in [3.8, 4) is 17.0 Å². The Morgan fingerprint density at radius 2 is 2.16 bits per heavy atom. The molecule has 0 radical (unpaired) electrons. The van der Waals surface area contributed by atoms with Crippen LogP contribution in [0.5, 0.6) is 5.75 Å². The van der Waals surface area contributed by atoms with Crippen LogP contribution in [0.4, 0.5) is 18.9 Å². The molecule has 25 heavy (non-hydrogen) atoms. The number of benzene rings is 1. The molecule has 0 spiro atoms. The number of aromatic nitrogens is 3. The van der Waals surface area contributed by atoms with Gasteiger partial charge in [-0.2, -0.15) is 13.2 Å². The van der Waals surface area contributed by atoms with E-state index in [4.69, 9.17) is 4.74 Å². The van der Waals surface area contributed by atoms with Crippen LogP contribution in [0.2, 0.25) is 0 Å². The molecule has 1 N–H and O–H groups in total. The summed E-state index contributed by atoms with van der Waals surface area (Å²) in [6.45, 7) is 0. The SMILES string of the molecule is COc1ccc(-c2cn3cccnc3n2)cc1NC(=O)CC(F)(F)F. The molecule has 1 amide bonds. The first-order chi connectivity index (χ1) is 11.9. The van der Waals surface area contributed by atoms with Crippen molar-refractivity contribution in [1.29, 1.82) is 0 Å². The van der Waals surface area contributed by atoms with E-state index < -0.39 is 18.5 Å². The van der Waals surface area contributed by atoms with Crippen molar-refractivity contribution in [2.75, 3.05) is 12.4 Å². The van der Waals surface area contributed by atoms with Crippen LogP contribution < -0.4 is 10.1 Å². The number of nitrogens with zero attached hydrogens (tertiary/aromatic N) is 3. The molecule has 130 valence electrons. The summed E-state index contributed by atoms with van der Waals surface area (Å²) in [4.78, 5) is 20.0. The van der Waals surface area contributed by atoms with Crippen LogP contribution in [0.1, 0.15) is 6.42 Å². The van der Waals surface area contributed by atoms with E-state index in [1.54, 1.807) is 41.2 Å². The third kappa shape index (κ3) is 3.87. The van der Waals surface area contributed by atoms with E-state index in [2.05, 4.69) is 15.3 Å². The van der Waals surface area contributed by atoms with Crippen molar-refractivity contribution in [3.05, 3.63) is 42.9 Å². The molecule has 2 heterocycles. The van der Waals surface area contributed by atoms with Gasteiger partial charge in [-0.25, -0.2) is 9.97 Å². The van der Waals surface area contributed by atoms with Gasteiger partial charge in [0.2, 0.25) is 11.7 Å². The number of nitrogens with one attached hydrogen (secondary N) is 1. The molecule has 0 aliphatic carbocycles. The molecule has 6 nitrogen and oxygen atoms in total. The third-order valence-corrected chi connectivity index (χ3v) is 3.37. The van der Waals surface area contributed by atoms with Crippen molar-refractivity contribution < 1.29 is 22.7 Å². The number of fused-ring (bicyclic) bond motifs is 1. The standard InChI is InChI=1S/C16H13F3N4O2/c1-25-13-4-3-10(7-11(13)21-14(24)8-16(17,18)19)12-9-23-6-2-5-20-15(23)22-12/h2-7,9H,8H2,1H3,(H,21,24). The van der Waals surface area contributed by atoms with Crippen LogP contribution in [0, 0.1) is 0 Å². The van der Waals surface area contributed by atoms with E-state index in [0.717, 1.165) is 0 Å². The summed E-state index contributed by atoms with van der Waals surface area (Å²) in [5, 5.41) is 2.23. The Balaban J connectivity index is 1.93.